The van der Waals surface area contributed by atoms with Crippen molar-refractivity contribution in [3.63, 3.8) is 0 Å². The molecule has 0 saturated carbocycles. The van der Waals surface area contributed by atoms with Gasteiger partial charge in [0.15, 0.2) is 0 Å². The molecule has 0 radical (unpaired) electrons. The molecule has 1 aliphatic rings. The Hall–Kier alpha value is -1.97. The van der Waals surface area contributed by atoms with E-state index < -0.39 is 16.7 Å². The molecule has 1 heterocycles. The van der Waals surface area contributed by atoms with Crippen LogP contribution in [0.15, 0.2) is 20.7 Å². The molecule has 0 bridgehead atoms. The largest absolute Gasteiger partial charge is 0.545 e. The van der Waals surface area contributed by atoms with Crippen LogP contribution in [-0.4, -0.2) is 21.8 Å². The molecule has 0 spiro atoms. The van der Waals surface area contributed by atoms with Gasteiger partial charge < -0.3 is 11.3 Å². The molecule has 0 aromatic carbocycles. The lowest BCUT2D eigenvalue weighted by Crippen LogP contribution is -2.41. The highest BCUT2D eigenvalue weighted by molar-refractivity contribution is 5.76. The van der Waals surface area contributed by atoms with Crippen molar-refractivity contribution in [1.82, 2.24) is 6.15 Å². The average molecular weight is 176 g/mol. The zero-order valence-corrected chi connectivity index (χ0v) is 5.62. The molecule has 1 rings (SSSR count). The van der Waals surface area contributed by atoms with Crippen molar-refractivity contribution in [2.45, 2.75) is 5.79 Å². The molecule has 1 aliphatic heterocycles. The maximum atomic E-state index is 10.2. The molecule has 10 nitrogen and oxygen atoms in total. The second kappa shape index (κ2) is 2.96. The Morgan fingerprint density at radius 1 is 1.42 bits per heavy atom. The van der Waals surface area contributed by atoms with Gasteiger partial charge in [-0.25, -0.2) is 4.79 Å². The van der Waals surface area contributed by atoms with Crippen LogP contribution in [0.4, 0.5) is 0 Å². The fraction of sp³-hybridized carbons (Fsp3) is 0.500. The van der Waals surface area contributed by atoms with Crippen molar-refractivity contribution in [3.05, 3.63) is 10.1 Å². The summed E-state index contributed by atoms with van der Waals surface area (Å²) in [5, 5.41) is 29.4. The van der Waals surface area contributed by atoms with Gasteiger partial charge in [0.25, 0.3) is 0 Å². The van der Waals surface area contributed by atoms with Gasteiger partial charge in [-0.2, -0.15) is 0 Å². The number of aliphatic carboxylic acids is 1. The molecule has 0 fully saturated rings. The molecule has 0 aromatic rings. The minimum absolute atomic E-state index is 0. The van der Waals surface area contributed by atoms with Crippen LogP contribution in [0.2, 0.25) is 0 Å². The van der Waals surface area contributed by atoms with Crippen molar-refractivity contribution < 1.29 is 14.8 Å². The smallest absolute Gasteiger partial charge is 0.473 e. The standard InChI is InChI=1S/C2HN5O4.H3N/c8-1(9)2(7(10)11)3-5-6-4-2;/h(H,8,9);1H3. The third-order valence-electron chi connectivity index (χ3n) is 0.950. The molecule has 12 heavy (non-hydrogen) atoms. The van der Waals surface area contributed by atoms with E-state index >= 15 is 0 Å². The average Bonchev–Trinajstić information content (AvgIpc) is 2.34. The fourth-order valence-electron chi connectivity index (χ4n) is 0.421. The quantitative estimate of drug-likeness (QED) is 0.445. The number of hydrogen-bond donors (Lipinski definition) is 2. The van der Waals surface area contributed by atoms with Crippen LogP contribution >= 0.6 is 0 Å². The van der Waals surface area contributed by atoms with Gasteiger partial charge in [-0.3, -0.25) is 10.1 Å². The highest BCUT2D eigenvalue weighted by Gasteiger charge is 2.56. The Labute approximate surface area is 64.7 Å². The van der Waals surface area contributed by atoms with Crippen LogP contribution in [0.25, 0.3) is 0 Å². The van der Waals surface area contributed by atoms with Crippen LogP contribution in [0.1, 0.15) is 0 Å². The first-order valence-electron chi connectivity index (χ1n) is 2.31. The SMILES string of the molecule is N.O=C(O)C1([N+](=O)[O-])N=NN=N1. The maximum absolute atomic E-state index is 10.2. The summed E-state index contributed by atoms with van der Waals surface area (Å²) >= 11 is 0. The number of rotatable bonds is 2. The highest BCUT2D eigenvalue weighted by atomic mass is 16.6. The molecule has 0 amide bonds. The molecule has 0 unspecified atom stereocenters. The zero-order chi connectivity index (χ0) is 8.48. The van der Waals surface area contributed by atoms with Gasteiger partial charge in [0.05, 0.1) is 4.92 Å². The zero-order valence-electron chi connectivity index (χ0n) is 5.62. The van der Waals surface area contributed by atoms with Gasteiger partial charge in [0.1, 0.15) is 0 Å². The topological polar surface area (TPSA) is 165 Å². The molecule has 0 aliphatic carbocycles. The second-order valence-electron chi connectivity index (χ2n) is 1.58. The predicted octanol–water partition coefficient (Wildman–Crippen LogP) is -0.00350. The summed E-state index contributed by atoms with van der Waals surface area (Å²) in [4.78, 5) is 19.1. The molecule has 0 saturated heterocycles. The summed E-state index contributed by atoms with van der Waals surface area (Å²) in [6, 6.07) is 0. The normalized spacial score (nSPS) is 17.0. The Morgan fingerprint density at radius 3 is 2.00 bits per heavy atom. The highest BCUT2D eigenvalue weighted by Crippen LogP contribution is 2.20. The predicted molar refractivity (Wildman–Crippen MR) is 32.1 cm³/mol. The third-order valence-corrected chi connectivity index (χ3v) is 0.950. The molecule has 4 N–H and O–H groups in total. The van der Waals surface area contributed by atoms with Crippen LogP contribution in [0, 0.1) is 10.1 Å². The van der Waals surface area contributed by atoms with Crippen LogP contribution < -0.4 is 6.15 Å². The van der Waals surface area contributed by atoms with E-state index in [2.05, 4.69) is 20.7 Å². The first kappa shape index (κ1) is 10.0. The van der Waals surface area contributed by atoms with E-state index in [-0.39, 0.29) is 6.15 Å². The molecule has 10 heteroatoms. The molecule has 0 atom stereocenters. The monoisotopic (exact) mass is 176 g/mol. The van der Waals surface area contributed by atoms with Crippen molar-refractivity contribution >= 4 is 5.97 Å². The molecular weight excluding hydrogens is 172 g/mol. The van der Waals surface area contributed by atoms with Crippen LogP contribution in [0.5, 0.6) is 0 Å². The van der Waals surface area contributed by atoms with Gasteiger partial charge in [-0.15, -0.1) is 0 Å². The first-order valence-corrected chi connectivity index (χ1v) is 2.31. The summed E-state index contributed by atoms with van der Waals surface area (Å²) in [6.07, 6.45) is 0. The van der Waals surface area contributed by atoms with E-state index in [0.29, 0.717) is 0 Å². The number of hydrogen-bond acceptors (Lipinski definition) is 8. The lowest BCUT2D eigenvalue weighted by molar-refractivity contribution is -0.551. The Kier molecular flexibility index (Phi) is 2.47. The van der Waals surface area contributed by atoms with Gasteiger partial charge in [-0.05, 0) is 10.4 Å². The van der Waals surface area contributed by atoms with E-state index in [9.17, 15) is 14.9 Å². The second-order valence-corrected chi connectivity index (χ2v) is 1.58. The van der Waals surface area contributed by atoms with E-state index in [1.807, 2.05) is 0 Å². The number of carbonyl (C=O) groups is 1. The Morgan fingerprint density at radius 2 is 1.83 bits per heavy atom. The van der Waals surface area contributed by atoms with Gasteiger partial charge in [0.2, 0.25) is 0 Å². The van der Waals surface area contributed by atoms with E-state index in [1.165, 1.54) is 0 Å². The first-order chi connectivity index (χ1) is 5.09. The summed E-state index contributed by atoms with van der Waals surface area (Å²) < 4.78 is 0. The van der Waals surface area contributed by atoms with E-state index in [0.717, 1.165) is 0 Å². The number of nitro groups is 1. The van der Waals surface area contributed by atoms with Gasteiger partial charge >= 0.3 is 11.8 Å². The van der Waals surface area contributed by atoms with Crippen LogP contribution in [-0.2, 0) is 4.79 Å². The summed E-state index contributed by atoms with van der Waals surface area (Å²) in [6.45, 7) is 0. The van der Waals surface area contributed by atoms with Gasteiger partial charge in [-0.1, -0.05) is 10.2 Å². The summed E-state index contributed by atoms with van der Waals surface area (Å²) in [5.74, 6) is -4.56. The maximum Gasteiger partial charge on any atom is 0.545 e. The molecule has 0 aromatic heterocycles. The van der Waals surface area contributed by atoms with E-state index in [1.54, 1.807) is 0 Å². The number of carboxylic acid groups (broad SMARTS) is 1. The Bertz CT molecular complexity index is 241. The number of carboxylic acids is 1. The van der Waals surface area contributed by atoms with Crippen molar-refractivity contribution in [2.75, 3.05) is 0 Å². The summed E-state index contributed by atoms with van der Waals surface area (Å²) in [5.41, 5.74) is 0. The van der Waals surface area contributed by atoms with Crippen molar-refractivity contribution in [3.8, 4) is 0 Å². The minimum atomic E-state index is -2.75. The molecule has 66 valence electrons. The van der Waals surface area contributed by atoms with Crippen LogP contribution in [0.3, 0.4) is 0 Å². The Balaban J connectivity index is 0.00000121. The number of nitrogens with zero attached hydrogens (tertiary/aromatic N) is 5. The summed E-state index contributed by atoms with van der Waals surface area (Å²) in [7, 11) is 0. The lowest BCUT2D eigenvalue weighted by Gasteiger charge is -2.02. The van der Waals surface area contributed by atoms with Crippen molar-refractivity contribution in [1.29, 1.82) is 0 Å². The lowest BCUT2D eigenvalue weighted by atomic mass is 10.4. The van der Waals surface area contributed by atoms with Gasteiger partial charge in [0, 0.05) is 0 Å². The minimum Gasteiger partial charge on any atom is -0.473 e. The van der Waals surface area contributed by atoms with Crippen molar-refractivity contribution in [2.24, 2.45) is 20.7 Å². The molecular formula is C2H4N6O4. The fourth-order valence-corrected chi connectivity index (χ4v) is 0.421. The van der Waals surface area contributed by atoms with E-state index in [4.69, 9.17) is 5.11 Å². The third kappa shape index (κ3) is 1.10.